The molecule has 2 atom stereocenters. The van der Waals surface area contributed by atoms with Crippen LogP contribution in [0.5, 0.6) is 0 Å². The van der Waals surface area contributed by atoms with Gasteiger partial charge in [0.15, 0.2) is 6.61 Å². The lowest BCUT2D eigenvalue weighted by Crippen LogP contribution is -2.47. The van der Waals surface area contributed by atoms with Crippen LogP contribution in [-0.4, -0.2) is 37.6 Å². The van der Waals surface area contributed by atoms with Crippen LogP contribution in [0.25, 0.3) is 0 Å². The minimum atomic E-state index is -0.799. The summed E-state index contributed by atoms with van der Waals surface area (Å²) in [6.45, 7) is 3.16. The van der Waals surface area contributed by atoms with Crippen molar-refractivity contribution in [3.63, 3.8) is 0 Å². The number of esters is 2. The summed E-state index contributed by atoms with van der Waals surface area (Å²) < 4.78 is 9.57. The van der Waals surface area contributed by atoms with E-state index in [9.17, 15) is 14.4 Å². The van der Waals surface area contributed by atoms with Gasteiger partial charge in [-0.15, -0.1) is 0 Å². The van der Waals surface area contributed by atoms with E-state index in [0.717, 1.165) is 0 Å². The van der Waals surface area contributed by atoms with Gasteiger partial charge in [0.1, 0.15) is 6.04 Å². The summed E-state index contributed by atoms with van der Waals surface area (Å²) >= 11 is 11.6. The second-order valence-electron chi connectivity index (χ2n) is 5.19. The van der Waals surface area contributed by atoms with Gasteiger partial charge in [-0.25, -0.2) is 9.59 Å². The molecule has 0 aliphatic carbocycles. The summed E-state index contributed by atoms with van der Waals surface area (Å²) in [7, 11) is 1.24. The van der Waals surface area contributed by atoms with Crippen molar-refractivity contribution in [3.05, 3.63) is 33.8 Å². The van der Waals surface area contributed by atoms with Crippen molar-refractivity contribution in [3.8, 4) is 0 Å². The summed E-state index contributed by atoms with van der Waals surface area (Å²) in [6, 6.07) is 3.43. The zero-order valence-electron chi connectivity index (χ0n) is 13.6. The second kappa shape index (κ2) is 9.49. The third-order valence-electron chi connectivity index (χ3n) is 3.42. The smallest absolute Gasteiger partial charge is 0.338 e. The normalized spacial score (nSPS) is 12.9. The average molecular weight is 376 g/mol. The molecule has 1 aromatic carbocycles. The molecule has 0 aromatic heterocycles. The number of hydrogen-bond acceptors (Lipinski definition) is 5. The Kier molecular flexibility index (Phi) is 8.01. The topological polar surface area (TPSA) is 81.7 Å². The monoisotopic (exact) mass is 375 g/mol. The van der Waals surface area contributed by atoms with Gasteiger partial charge in [0.05, 0.1) is 12.7 Å². The Bertz CT molecular complexity index is 600. The molecule has 1 amide bonds. The molecular formula is C16H19Cl2NO5. The molecule has 0 radical (unpaired) electrons. The van der Waals surface area contributed by atoms with Crippen LogP contribution < -0.4 is 5.32 Å². The number of rotatable bonds is 7. The SMILES string of the molecule is CC[C@H](C)[C@@H](NC(=O)COC(=O)c1cc(Cl)cc(Cl)c1)C(=O)OC. The van der Waals surface area contributed by atoms with Crippen LogP contribution in [0.2, 0.25) is 10.0 Å². The van der Waals surface area contributed by atoms with E-state index in [1.54, 1.807) is 0 Å². The second-order valence-corrected chi connectivity index (χ2v) is 6.06. The standard InChI is InChI=1S/C16H19Cl2NO5/c1-4-9(2)14(16(22)23-3)19-13(20)8-24-15(21)10-5-11(17)7-12(18)6-10/h5-7,9,14H,4,8H2,1-3H3,(H,19,20)/t9-,14+/m0/s1. The quantitative estimate of drug-likeness (QED) is 0.740. The number of carbonyl (C=O) groups is 3. The van der Waals surface area contributed by atoms with Crippen molar-refractivity contribution in [2.45, 2.75) is 26.3 Å². The highest BCUT2D eigenvalue weighted by Gasteiger charge is 2.27. The molecule has 0 heterocycles. The van der Waals surface area contributed by atoms with Crippen molar-refractivity contribution >= 4 is 41.0 Å². The molecule has 8 heteroatoms. The Morgan fingerprint density at radius 3 is 2.25 bits per heavy atom. The van der Waals surface area contributed by atoms with Gasteiger partial charge in [-0.05, 0) is 24.1 Å². The molecular weight excluding hydrogens is 357 g/mol. The van der Waals surface area contributed by atoms with E-state index in [0.29, 0.717) is 6.42 Å². The lowest BCUT2D eigenvalue weighted by molar-refractivity contribution is -0.147. The van der Waals surface area contributed by atoms with E-state index in [1.165, 1.54) is 25.3 Å². The molecule has 0 spiro atoms. The minimum Gasteiger partial charge on any atom is -0.467 e. The zero-order chi connectivity index (χ0) is 18.3. The Morgan fingerprint density at radius 1 is 1.17 bits per heavy atom. The summed E-state index contributed by atoms with van der Waals surface area (Å²) in [5.74, 6) is -2.02. The van der Waals surface area contributed by atoms with E-state index in [-0.39, 0.29) is 21.5 Å². The van der Waals surface area contributed by atoms with E-state index < -0.39 is 30.5 Å². The number of methoxy groups -OCH3 is 1. The zero-order valence-corrected chi connectivity index (χ0v) is 15.1. The Morgan fingerprint density at radius 2 is 1.75 bits per heavy atom. The fourth-order valence-electron chi connectivity index (χ4n) is 1.90. The van der Waals surface area contributed by atoms with E-state index in [1.807, 2.05) is 13.8 Å². The number of ether oxygens (including phenoxy) is 2. The van der Waals surface area contributed by atoms with Gasteiger partial charge in [0.2, 0.25) is 0 Å². The number of benzene rings is 1. The van der Waals surface area contributed by atoms with Crippen molar-refractivity contribution in [1.82, 2.24) is 5.32 Å². The highest BCUT2D eigenvalue weighted by atomic mass is 35.5. The van der Waals surface area contributed by atoms with E-state index in [4.69, 9.17) is 27.9 Å². The molecule has 0 aliphatic heterocycles. The third kappa shape index (κ3) is 6.02. The molecule has 0 bridgehead atoms. The fraction of sp³-hybridized carbons (Fsp3) is 0.438. The molecule has 1 N–H and O–H groups in total. The van der Waals surface area contributed by atoms with Gasteiger partial charge >= 0.3 is 11.9 Å². The molecule has 1 aromatic rings. The highest BCUT2D eigenvalue weighted by molar-refractivity contribution is 6.35. The van der Waals surface area contributed by atoms with Crippen LogP contribution in [0.1, 0.15) is 30.6 Å². The molecule has 0 unspecified atom stereocenters. The van der Waals surface area contributed by atoms with Crippen LogP contribution in [0.15, 0.2) is 18.2 Å². The summed E-state index contributed by atoms with van der Waals surface area (Å²) in [4.78, 5) is 35.5. The summed E-state index contributed by atoms with van der Waals surface area (Å²) in [5.41, 5.74) is 0.131. The average Bonchev–Trinajstić information content (AvgIpc) is 2.55. The predicted molar refractivity (Wildman–Crippen MR) is 90.1 cm³/mol. The first-order valence-electron chi connectivity index (χ1n) is 7.28. The molecule has 0 saturated heterocycles. The summed E-state index contributed by atoms with van der Waals surface area (Å²) in [6.07, 6.45) is 0.668. The molecule has 24 heavy (non-hydrogen) atoms. The number of amides is 1. The maximum atomic E-state index is 11.9. The summed E-state index contributed by atoms with van der Waals surface area (Å²) in [5, 5.41) is 3.06. The maximum absolute atomic E-state index is 11.9. The van der Waals surface area contributed by atoms with Crippen LogP contribution in [0.3, 0.4) is 0 Å². The first-order chi connectivity index (χ1) is 11.3. The van der Waals surface area contributed by atoms with Gasteiger partial charge < -0.3 is 14.8 Å². The molecule has 0 fully saturated rings. The lowest BCUT2D eigenvalue weighted by Gasteiger charge is -2.21. The van der Waals surface area contributed by atoms with Crippen LogP contribution in [0.4, 0.5) is 0 Å². The van der Waals surface area contributed by atoms with Gasteiger partial charge in [-0.1, -0.05) is 43.5 Å². The van der Waals surface area contributed by atoms with Gasteiger partial charge in [-0.2, -0.15) is 0 Å². The number of nitrogens with one attached hydrogen (secondary N) is 1. The first-order valence-corrected chi connectivity index (χ1v) is 8.04. The van der Waals surface area contributed by atoms with Crippen molar-refractivity contribution < 1.29 is 23.9 Å². The lowest BCUT2D eigenvalue weighted by atomic mass is 9.99. The minimum absolute atomic E-state index is 0.121. The Hall–Kier alpha value is -1.79. The number of halogens is 2. The molecule has 0 saturated carbocycles. The number of carbonyl (C=O) groups excluding carboxylic acids is 3. The largest absolute Gasteiger partial charge is 0.467 e. The van der Waals surface area contributed by atoms with Crippen molar-refractivity contribution in [1.29, 1.82) is 0 Å². The number of hydrogen-bond donors (Lipinski definition) is 1. The van der Waals surface area contributed by atoms with Gasteiger partial charge in [0, 0.05) is 10.0 Å². The van der Waals surface area contributed by atoms with Crippen LogP contribution in [-0.2, 0) is 19.1 Å². The molecule has 6 nitrogen and oxygen atoms in total. The van der Waals surface area contributed by atoms with E-state index >= 15 is 0 Å². The van der Waals surface area contributed by atoms with Crippen molar-refractivity contribution in [2.75, 3.05) is 13.7 Å². The fourth-order valence-corrected chi connectivity index (χ4v) is 2.42. The molecule has 132 valence electrons. The third-order valence-corrected chi connectivity index (χ3v) is 3.85. The first kappa shape index (κ1) is 20.3. The van der Waals surface area contributed by atoms with Crippen molar-refractivity contribution in [2.24, 2.45) is 5.92 Å². The highest BCUT2D eigenvalue weighted by Crippen LogP contribution is 2.19. The van der Waals surface area contributed by atoms with Crippen LogP contribution >= 0.6 is 23.2 Å². The Balaban J connectivity index is 2.64. The van der Waals surface area contributed by atoms with Gasteiger partial charge in [0.25, 0.3) is 5.91 Å². The maximum Gasteiger partial charge on any atom is 0.338 e. The van der Waals surface area contributed by atoms with E-state index in [2.05, 4.69) is 10.1 Å². The van der Waals surface area contributed by atoms with Crippen LogP contribution in [0, 0.1) is 5.92 Å². The predicted octanol–water partition coefficient (Wildman–Crippen LogP) is 2.85. The Labute approximate surface area is 150 Å². The molecule has 1 rings (SSSR count). The molecule has 0 aliphatic rings. The van der Waals surface area contributed by atoms with Gasteiger partial charge in [-0.3, -0.25) is 4.79 Å².